The van der Waals surface area contributed by atoms with E-state index in [1.54, 1.807) is 13.0 Å². The molecule has 2 rings (SSSR count). The number of aromatic nitrogens is 2. The molecule has 1 fully saturated rings. The van der Waals surface area contributed by atoms with E-state index in [-0.39, 0.29) is 5.69 Å². The van der Waals surface area contributed by atoms with Crippen molar-refractivity contribution in [3.05, 3.63) is 17.8 Å². The zero-order chi connectivity index (χ0) is 15.5. The molecule has 1 aromatic heterocycles. The summed E-state index contributed by atoms with van der Waals surface area (Å²) in [5, 5.41) is 19.7. The van der Waals surface area contributed by atoms with Gasteiger partial charge in [0.15, 0.2) is 5.69 Å². The molecule has 2 atom stereocenters. The van der Waals surface area contributed by atoms with Crippen LogP contribution in [0.15, 0.2) is 12.1 Å². The Morgan fingerprint density at radius 3 is 2.71 bits per heavy atom. The van der Waals surface area contributed by atoms with Crippen LogP contribution in [0.1, 0.15) is 43.1 Å². The van der Waals surface area contributed by atoms with Gasteiger partial charge in [-0.05, 0) is 25.8 Å². The van der Waals surface area contributed by atoms with Gasteiger partial charge in [-0.3, -0.25) is 9.59 Å². The summed E-state index contributed by atoms with van der Waals surface area (Å²) in [5.41, 5.74) is -0.616. The van der Waals surface area contributed by atoms with Gasteiger partial charge in [0, 0.05) is 6.07 Å². The fourth-order valence-electron chi connectivity index (χ4n) is 2.75. The van der Waals surface area contributed by atoms with Gasteiger partial charge in [-0.15, -0.1) is 10.2 Å². The molecular weight excluding hydrogens is 274 g/mol. The van der Waals surface area contributed by atoms with Crippen molar-refractivity contribution in [2.75, 3.05) is 7.11 Å². The number of carbonyl (C=O) groups is 2. The number of nitrogens with one attached hydrogen (secondary N) is 1. The van der Waals surface area contributed by atoms with Gasteiger partial charge in [0.05, 0.1) is 18.6 Å². The molecule has 0 aromatic carbocycles. The second-order valence-electron chi connectivity index (χ2n) is 5.47. The first-order valence-electron chi connectivity index (χ1n) is 6.89. The summed E-state index contributed by atoms with van der Waals surface area (Å²) in [6.45, 7) is 1.78. The third-order valence-corrected chi connectivity index (χ3v) is 3.99. The Kier molecular flexibility index (Phi) is 4.40. The SMILES string of the molecule is COc1ccc(C(=O)NC2(C)CCCCC2C(=O)O)nn1. The van der Waals surface area contributed by atoms with E-state index in [1.165, 1.54) is 13.2 Å². The Bertz CT molecular complexity index is 532. The number of amides is 1. The highest BCUT2D eigenvalue weighted by Gasteiger charge is 2.42. The molecule has 21 heavy (non-hydrogen) atoms. The van der Waals surface area contributed by atoms with Gasteiger partial charge in [0.1, 0.15) is 0 Å². The summed E-state index contributed by atoms with van der Waals surface area (Å²) in [7, 11) is 1.46. The van der Waals surface area contributed by atoms with Crippen LogP contribution in [-0.4, -0.2) is 39.8 Å². The highest BCUT2D eigenvalue weighted by Crippen LogP contribution is 2.34. The molecule has 114 valence electrons. The first-order chi connectivity index (χ1) is 9.96. The number of carbonyl (C=O) groups excluding carboxylic acids is 1. The standard InChI is InChI=1S/C14H19N3O4/c1-14(8-4-3-5-9(14)13(19)20)15-12(18)10-6-7-11(21-2)17-16-10/h6-7,9H,3-5,8H2,1-2H3,(H,15,18)(H,19,20). The van der Waals surface area contributed by atoms with Crippen molar-refractivity contribution in [3.8, 4) is 5.88 Å². The Morgan fingerprint density at radius 1 is 1.38 bits per heavy atom. The monoisotopic (exact) mass is 293 g/mol. The molecular formula is C14H19N3O4. The van der Waals surface area contributed by atoms with Crippen molar-refractivity contribution in [3.63, 3.8) is 0 Å². The van der Waals surface area contributed by atoms with E-state index >= 15 is 0 Å². The lowest BCUT2D eigenvalue weighted by Gasteiger charge is -2.39. The van der Waals surface area contributed by atoms with Crippen molar-refractivity contribution < 1.29 is 19.4 Å². The van der Waals surface area contributed by atoms with Crippen molar-refractivity contribution in [1.29, 1.82) is 0 Å². The second-order valence-corrected chi connectivity index (χ2v) is 5.47. The van der Waals surface area contributed by atoms with Gasteiger partial charge >= 0.3 is 5.97 Å². The number of hydrogen-bond donors (Lipinski definition) is 2. The van der Waals surface area contributed by atoms with E-state index in [0.717, 1.165) is 12.8 Å². The van der Waals surface area contributed by atoms with Crippen LogP contribution < -0.4 is 10.1 Å². The molecule has 1 saturated carbocycles. The normalized spacial score (nSPS) is 25.1. The van der Waals surface area contributed by atoms with Crippen LogP contribution >= 0.6 is 0 Å². The fourth-order valence-corrected chi connectivity index (χ4v) is 2.75. The first-order valence-corrected chi connectivity index (χ1v) is 6.89. The number of nitrogens with zero attached hydrogens (tertiary/aromatic N) is 2. The fraction of sp³-hybridized carbons (Fsp3) is 0.571. The number of carboxylic acid groups (broad SMARTS) is 1. The molecule has 1 heterocycles. The van der Waals surface area contributed by atoms with Gasteiger partial charge in [-0.2, -0.15) is 0 Å². The molecule has 7 nitrogen and oxygen atoms in total. The molecule has 0 aliphatic heterocycles. The third-order valence-electron chi connectivity index (χ3n) is 3.99. The predicted octanol–water partition coefficient (Wildman–Crippen LogP) is 1.25. The van der Waals surface area contributed by atoms with Gasteiger partial charge in [-0.25, -0.2) is 0 Å². The molecule has 2 N–H and O–H groups in total. The Hall–Kier alpha value is -2.18. The van der Waals surface area contributed by atoms with Crippen LogP contribution in [0, 0.1) is 5.92 Å². The largest absolute Gasteiger partial charge is 0.481 e. The van der Waals surface area contributed by atoms with Crippen molar-refractivity contribution in [2.45, 2.75) is 38.1 Å². The first kappa shape index (κ1) is 15.2. The number of hydrogen-bond acceptors (Lipinski definition) is 5. The molecule has 1 aliphatic carbocycles. The zero-order valence-corrected chi connectivity index (χ0v) is 12.1. The van der Waals surface area contributed by atoms with Crippen LogP contribution in [0.25, 0.3) is 0 Å². The van der Waals surface area contributed by atoms with Gasteiger partial charge in [0.25, 0.3) is 5.91 Å². The van der Waals surface area contributed by atoms with Gasteiger partial charge in [0.2, 0.25) is 5.88 Å². The second kappa shape index (κ2) is 6.07. The highest BCUT2D eigenvalue weighted by atomic mass is 16.5. The van der Waals surface area contributed by atoms with E-state index in [2.05, 4.69) is 15.5 Å². The van der Waals surface area contributed by atoms with Gasteiger partial charge < -0.3 is 15.2 Å². The summed E-state index contributed by atoms with van der Waals surface area (Å²) >= 11 is 0. The topological polar surface area (TPSA) is 101 Å². The molecule has 2 unspecified atom stereocenters. The number of methoxy groups -OCH3 is 1. The van der Waals surface area contributed by atoms with Crippen LogP contribution in [0.3, 0.4) is 0 Å². The summed E-state index contributed by atoms with van der Waals surface area (Å²) in [6.07, 6.45) is 2.97. The quantitative estimate of drug-likeness (QED) is 0.866. The van der Waals surface area contributed by atoms with E-state index in [4.69, 9.17) is 4.74 Å². The summed E-state index contributed by atoms with van der Waals surface area (Å²) in [6, 6.07) is 3.04. The minimum atomic E-state index is -0.877. The smallest absolute Gasteiger partial charge is 0.308 e. The molecule has 1 amide bonds. The molecule has 0 spiro atoms. The van der Waals surface area contributed by atoms with Gasteiger partial charge in [-0.1, -0.05) is 12.8 Å². The van der Waals surface area contributed by atoms with Crippen LogP contribution in [0.4, 0.5) is 0 Å². The molecule has 1 aliphatic rings. The average Bonchev–Trinajstić information content (AvgIpc) is 2.47. The van der Waals surface area contributed by atoms with E-state index in [1.807, 2.05) is 0 Å². The molecule has 0 bridgehead atoms. The maximum absolute atomic E-state index is 12.2. The van der Waals surface area contributed by atoms with Crippen molar-refractivity contribution >= 4 is 11.9 Å². The maximum atomic E-state index is 12.2. The minimum absolute atomic E-state index is 0.145. The summed E-state index contributed by atoms with van der Waals surface area (Å²) in [4.78, 5) is 23.6. The lowest BCUT2D eigenvalue weighted by Crippen LogP contribution is -2.55. The molecule has 0 radical (unpaired) electrons. The Morgan fingerprint density at radius 2 is 2.14 bits per heavy atom. The molecule has 0 saturated heterocycles. The van der Waals surface area contributed by atoms with Crippen LogP contribution in [0.5, 0.6) is 5.88 Å². The molecule has 1 aromatic rings. The minimum Gasteiger partial charge on any atom is -0.481 e. The lowest BCUT2D eigenvalue weighted by molar-refractivity contribution is -0.145. The average molecular weight is 293 g/mol. The third kappa shape index (κ3) is 3.29. The van der Waals surface area contributed by atoms with E-state index in [9.17, 15) is 14.7 Å². The maximum Gasteiger partial charge on any atom is 0.308 e. The highest BCUT2D eigenvalue weighted by molar-refractivity contribution is 5.93. The van der Waals surface area contributed by atoms with E-state index < -0.39 is 23.3 Å². The Balaban J connectivity index is 2.13. The van der Waals surface area contributed by atoms with E-state index in [0.29, 0.717) is 18.7 Å². The predicted molar refractivity (Wildman–Crippen MR) is 74.0 cm³/mol. The molecule has 7 heteroatoms. The number of rotatable bonds is 4. The number of ether oxygens (including phenoxy) is 1. The Labute approximate surface area is 122 Å². The van der Waals surface area contributed by atoms with Crippen LogP contribution in [-0.2, 0) is 4.79 Å². The van der Waals surface area contributed by atoms with Crippen molar-refractivity contribution in [1.82, 2.24) is 15.5 Å². The summed E-state index contributed by atoms with van der Waals surface area (Å²) in [5.74, 6) is -1.56. The lowest BCUT2D eigenvalue weighted by atomic mass is 9.74. The zero-order valence-electron chi connectivity index (χ0n) is 12.1. The number of carboxylic acids is 1. The van der Waals surface area contributed by atoms with Crippen LogP contribution in [0.2, 0.25) is 0 Å². The van der Waals surface area contributed by atoms with Crippen molar-refractivity contribution in [2.24, 2.45) is 5.92 Å². The number of aliphatic carboxylic acids is 1. The summed E-state index contributed by atoms with van der Waals surface area (Å²) < 4.78 is 4.88.